The van der Waals surface area contributed by atoms with Crippen LogP contribution >= 0.6 is 11.3 Å². The first-order valence-corrected chi connectivity index (χ1v) is 16.3. The summed E-state index contributed by atoms with van der Waals surface area (Å²) < 4.78 is 85.6. The molecule has 2 aliphatic carbocycles. The van der Waals surface area contributed by atoms with Crippen molar-refractivity contribution in [3.63, 3.8) is 0 Å². The number of carbonyl (C=O) groups is 1. The number of nitrogens with one attached hydrogen (secondary N) is 1. The molecule has 2 aliphatic heterocycles. The second-order valence-electron chi connectivity index (χ2n) is 11.4. The summed E-state index contributed by atoms with van der Waals surface area (Å²) in [4.78, 5) is 20.3. The Bertz CT molecular complexity index is 1800. The molecule has 13 nitrogen and oxygen atoms in total. The second kappa shape index (κ2) is 10.3. The number of sulfonamides is 1. The van der Waals surface area contributed by atoms with Crippen LogP contribution in [-0.2, 0) is 24.3 Å². The van der Waals surface area contributed by atoms with Gasteiger partial charge < -0.3 is 19.3 Å². The molecule has 0 spiro atoms. The summed E-state index contributed by atoms with van der Waals surface area (Å²) in [7, 11) is -3.09. The lowest BCUT2D eigenvalue weighted by Crippen LogP contribution is -2.52. The van der Waals surface area contributed by atoms with Crippen LogP contribution in [0.4, 0.5) is 18.9 Å². The van der Waals surface area contributed by atoms with Crippen LogP contribution in [0.3, 0.4) is 0 Å². The zero-order valence-corrected chi connectivity index (χ0v) is 25.1. The molecule has 3 aromatic rings. The van der Waals surface area contributed by atoms with E-state index < -0.39 is 49.4 Å². The third kappa shape index (κ3) is 4.72. The van der Waals surface area contributed by atoms with Crippen LogP contribution < -0.4 is 9.62 Å². The molecule has 1 N–H and O–H groups in total. The summed E-state index contributed by atoms with van der Waals surface area (Å²) in [5, 5.41) is 16.5. The molecule has 0 aromatic carbocycles. The Kier molecular flexibility index (Phi) is 6.90. The maximum atomic E-state index is 16.6. The summed E-state index contributed by atoms with van der Waals surface area (Å²) in [5.41, 5.74) is -1.81. The van der Waals surface area contributed by atoms with E-state index in [0.29, 0.717) is 37.2 Å². The van der Waals surface area contributed by atoms with E-state index in [1.54, 1.807) is 9.80 Å². The molecule has 2 saturated heterocycles. The minimum absolute atomic E-state index is 0.0347. The highest BCUT2D eigenvalue weighted by molar-refractivity contribution is 7.89. The summed E-state index contributed by atoms with van der Waals surface area (Å²) in [6.07, 6.45) is -0.0539. The highest BCUT2D eigenvalue weighted by Gasteiger charge is 2.53. The molecule has 7 rings (SSSR count). The number of rotatable bonds is 9. The number of aromatic nitrogens is 4. The Balaban J connectivity index is 1.37. The summed E-state index contributed by atoms with van der Waals surface area (Å²) in [6, 6.07) is 1.94. The molecule has 3 aromatic heterocycles. The number of methoxy groups -OCH3 is 1. The highest BCUT2D eigenvalue weighted by atomic mass is 32.2. The van der Waals surface area contributed by atoms with Crippen molar-refractivity contribution in [3.8, 4) is 16.8 Å². The van der Waals surface area contributed by atoms with Crippen LogP contribution in [0.15, 0.2) is 11.1 Å². The largest absolute Gasteiger partial charge is 0.372 e. The minimum atomic E-state index is -4.59. The van der Waals surface area contributed by atoms with Crippen molar-refractivity contribution in [1.29, 1.82) is 5.26 Å². The number of hydrogen-bond acceptors (Lipinski definition) is 11. The standard InChI is InChI=1S/C26H27F3N8O5S2/c1-41-26(5-6-26)24(38)36-9-7-35(8-10-36)18-16(27)15(44(39,40)34-25(13-30)3-4-25)12-37-19(22-32-33-23(43-22)20(28)29)17(31-21(18)37)14-2-11-42-14/h12,14,20,34H,2-11H2,1H3. The summed E-state index contributed by atoms with van der Waals surface area (Å²) in [5.74, 6) is -1.23. The zero-order valence-electron chi connectivity index (χ0n) is 23.4. The number of piperazine rings is 1. The van der Waals surface area contributed by atoms with E-state index in [9.17, 15) is 27.3 Å². The topological polar surface area (TPSA) is 155 Å². The van der Waals surface area contributed by atoms with Gasteiger partial charge >= 0.3 is 0 Å². The summed E-state index contributed by atoms with van der Waals surface area (Å²) in [6.45, 7) is 1.19. The SMILES string of the molecule is COC1(C(=O)N2CCN(c3c(F)c(S(=O)(=O)NC4(C#N)CC4)cn4c(-c5nnc(C(F)F)s5)c(C5CCO5)nc34)CC2)CC1. The van der Waals surface area contributed by atoms with Crippen molar-refractivity contribution in [2.75, 3.05) is 44.8 Å². The maximum absolute atomic E-state index is 16.6. The van der Waals surface area contributed by atoms with Crippen LogP contribution in [-0.4, -0.2) is 89.8 Å². The van der Waals surface area contributed by atoms with Gasteiger partial charge in [0.2, 0.25) is 10.0 Å². The van der Waals surface area contributed by atoms with Gasteiger partial charge in [0.25, 0.3) is 12.3 Å². The van der Waals surface area contributed by atoms with E-state index >= 15 is 4.39 Å². The molecule has 2 saturated carbocycles. The van der Waals surface area contributed by atoms with Gasteiger partial charge in [-0.05, 0) is 25.7 Å². The molecule has 44 heavy (non-hydrogen) atoms. The fraction of sp³-hybridized carbons (Fsp3) is 0.577. The van der Waals surface area contributed by atoms with Gasteiger partial charge in [-0.3, -0.25) is 9.20 Å². The Labute approximate surface area is 253 Å². The quantitative estimate of drug-likeness (QED) is 0.365. The van der Waals surface area contributed by atoms with Gasteiger partial charge in [0.15, 0.2) is 21.5 Å². The van der Waals surface area contributed by atoms with Gasteiger partial charge in [0.05, 0.1) is 18.4 Å². The van der Waals surface area contributed by atoms with Crippen molar-refractivity contribution in [2.24, 2.45) is 0 Å². The number of imidazole rings is 1. The van der Waals surface area contributed by atoms with Gasteiger partial charge in [0.1, 0.15) is 33.5 Å². The van der Waals surface area contributed by atoms with Crippen LogP contribution in [0.5, 0.6) is 0 Å². The molecule has 1 unspecified atom stereocenters. The molecular weight excluding hydrogens is 625 g/mol. The third-order valence-corrected chi connectivity index (χ3v) is 11.1. The lowest BCUT2D eigenvalue weighted by Gasteiger charge is -2.37. The molecule has 1 atom stereocenters. The summed E-state index contributed by atoms with van der Waals surface area (Å²) >= 11 is 0.616. The molecule has 0 radical (unpaired) electrons. The van der Waals surface area contributed by atoms with E-state index in [0.717, 1.165) is 6.20 Å². The number of nitrogens with zero attached hydrogens (tertiary/aromatic N) is 7. The first-order valence-electron chi connectivity index (χ1n) is 14.0. The fourth-order valence-electron chi connectivity index (χ4n) is 5.62. The first-order chi connectivity index (χ1) is 21.0. The number of ether oxygens (including phenoxy) is 2. The van der Waals surface area contributed by atoms with Crippen LogP contribution in [0, 0.1) is 17.1 Å². The lowest BCUT2D eigenvalue weighted by atomic mass is 10.1. The molecule has 1 amide bonds. The van der Waals surface area contributed by atoms with E-state index in [-0.39, 0.29) is 72.7 Å². The molecule has 234 valence electrons. The Morgan fingerprint density at radius 1 is 1.23 bits per heavy atom. The fourth-order valence-corrected chi connectivity index (χ4v) is 7.82. The Morgan fingerprint density at radius 3 is 2.45 bits per heavy atom. The average Bonchev–Trinajstić information content (AvgIpc) is 3.85. The minimum Gasteiger partial charge on any atom is -0.372 e. The normalized spacial score (nSPS) is 22.2. The van der Waals surface area contributed by atoms with Crippen molar-refractivity contribution in [3.05, 3.63) is 22.7 Å². The van der Waals surface area contributed by atoms with Gasteiger partial charge in [-0.15, -0.1) is 10.2 Å². The first kappa shape index (κ1) is 29.3. The number of carbonyl (C=O) groups excluding carboxylic acids is 1. The smallest absolute Gasteiger partial charge is 0.291 e. The predicted molar refractivity (Wildman–Crippen MR) is 148 cm³/mol. The van der Waals surface area contributed by atoms with E-state index in [2.05, 4.69) is 19.9 Å². The number of pyridine rings is 1. The van der Waals surface area contributed by atoms with E-state index in [1.165, 1.54) is 11.5 Å². The van der Waals surface area contributed by atoms with Crippen LogP contribution in [0.25, 0.3) is 16.3 Å². The van der Waals surface area contributed by atoms with Crippen LogP contribution in [0.1, 0.15) is 55.3 Å². The molecule has 0 bridgehead atoms. The van der Waals surface area contributed by atoms with Gasteiger partial charge in [-0.25, -0.2) is 26.6 Å². The van der Waals surface area contributed by atoms with E-state index in [1.807, 2.05) is 6.07 Å². The van der Waals surface area contributed by atoms with Gasteiger partial charge in [-0.2, -0.15) is 9.98 Å². The number of halogens is 3. The predicted octanol–water partition coefficient (Wildman–Crippen LogP) is 2.55. The number of nitriles is 1. The van der Waals surface area contributed by atoms with Gasteiger partial charge in [0, 0.05) is 45.9 Å². The highest BCUT2D eigenvalue weighted by Crippen LogP contribution is 2.44. The number of amides is 1. The van der Waals surface area contributed by atoms with Crippen molar-refractivity contribution < 1.29 is 35.9 Å². The van der Waals surface area contributed by atoms with Crippen molar-refractivity contribution in [1.82, 2.24) is 29.2 Å². The Hall–Kier alpha value is -3.37. The van der Waals surface area contributed by atoms with Gasteiger partial charge in [-0.1, -0.05) is 11.3 Å². The zero-order chi connectivity index (χ0) is 31.0. The molecule has 5 heterocycles. The molecule has 4 fully saturated rings. The number of anilines is 1. The molecule has 4 aliphatic rings. The number of alkyl halides is 2. The molecule has 18 heteroatoms. The third-order valence-electron chi connectivity index (χ3n) is 8.61. The Morgan fingerprint density at radius 2 is 1.93 bits per heavy atom. The van der Waals surface area contributed by atoms with Crippen molar-refractivity contribution in [2.45, 2.75) is 60.7 Å². The van der Waals surface area contributed by atoms with E-state index in [4.69, 9.17) is 9.47 Å². The lowest BCUT2D eigenvalue weighted by molar-refractivity contribution is -0.144. The second-order valence-corrected chi connectivity index (χ2v) is 14.0. The maximum Gasteiger partial charge on any atom is 0.291 e. The average molecular weight is 653 g/mol. The molecular formula is C26H27F3N8O5S2. The van der Waals surface area contributed by atoms with Crippen molar-refractivity contribution >= 4 is 38.6 Å². The number of fused-ring (bicyclic) bond motifs is 1. The monoisotopic (exact) mass is 652 g/mol. The number of hydrogen-bond donors (Lipinski definition) is 1. The van der Waals surface area contributed by atoms with Crippen LogP contribution in [0.2, 0.25) is 0 Å².